The van der Waals surface area contributed by atoms with Gasteiger partial charge in [-0.2, -0.15) is 0 Å². The second-order valence-electron chi connectivity index (χ2n) is 8.18. The zero-order valence-electron chi connectivity index (χ0n) is 19.2. The zero-order chi connectivity index (χ0) is 23.4. The van der Waals surface area contributed by atoms with Crippen molar-refractivity contribution in [3.05, 3.63) is 71.5 Å². The largest absolute Gasteiger partial charge is 0.335 e. The van der Waals surface area contributed by atoms with Gasteiger partial charge in [0.2, 0.25) is 5.91 Å². The molecule has 0 saturated carbocycles. The van der Waals surface area contributed by atoms with Gasteiger partial charge < -0.3 is 10.2 Å². The summed E-state index contributed by atoms with van der Waals surface area (Å²) in [5, 5.41) is 3.83. The number of imidazole rings is 1. The SMILES string of the molecule is CSc1ncc(C(=O)N2CCN(CC(=O)Nc3c(C)cccc3C)CC2)n1-c1ccccc1. The minimum atomic E-state index is -0.0358. The minimum Gasteiger partial charge on any atom is -0.335 e. The molecule has 2 aromatic carbocycles. The average Bonchev–Trinajstić information content (AvgIpc) is 3.26. The van der Waals surface area contributed by atoms with E-state index in [2.05, 4.69) is 15.2 Å². The summed E-state index contributed by atoms with van der Waals surface area (Å²) >= 11 is 1.51. The fourth-order valence-corrected chi connectivity index (χ4v) is 4.67. The smallest absolute Gasteiger partial charge is 0.272 e. The molecule has 0 atom stereocenters. The molecule has 172 valence electrons. The minimum absolute atomic E-state index is 0.0288. The van der Waals surface area contributed by atoms with E-state index in [0.717, 1.165) is 27.7 Å². The molecule has 0 spiro atoms. The van der Waals surface area contributed by atoms with E-state index in [1.54, 1.807) is 6.20 Å². The van der Waals surface area contributed by atoms with Crippen LogP contribution >= 0.6 is 11.8 Å². The van der Waals surface area contributed by atoms with Gasteiger partial charge in [0.25, 0.3) is 5.91 Å². The van der Waals surface area contributed by atoms with Crippen LogP contribution in [0.5, 0.6) is 0 Å². The number of anilines is 1. The van der Waals surface area contributed by atoms with Crippen LogP contribution in [0.3, 0.4) is 0 Å². The number of piperazine rings is 1. The van der Waals surface area contributed by atoms with Crippen molar-refractivity contribution >= 4 is 29.3 Å². The molecule has 0 radical (unpaired) electrons. The third-order valence-electron chi connectivity index (χ3n) is 5.92. The van der Waals surface area contributed by atoms with Crippen molar-refractivity contribution in [2.75, 3.05) is 44.3 Å². The Hall–Kier alpha value is -3.10. The summed E-state index contributed by atoms with van der Waals surface area (Å²) in [6, 6.07) is 15.8. The van der Waals surface area contributed by atoms with Crippen molar-refractivity contribution in [3.63, 3.8) is 0 Å². The maximum absolute atomic E-state index is 13.3. The number of nitrogens with one attached hydrogen (secondary N) is 1. The van der Waals surface area contributed by atoms with E-state index < -0.39 is 0 Å². The molecule has 2 heterocycles. The molecule has 8 heteroatoms. The van der Waals surface area contributed by atoms with Gasteiger partial charge in [-0.1, -0.05) is 48.2 Å². The fraction of sp³-hybridized carbons (Fsp3) is 0.320. The molecule has 1 fully saturated rings. The van der Waals surface area contributed by atoms with Gasteiger partial charge >= 0.3 is 0 Å². The van der Waals surface area contributed by atoms with Gasteiger partial charge in [0.05, 0.1) is 12.7 Å². The highest BCUT2D eigenvalue weighted by Gasteiger charge is 2.27. The fourth-order valence-electron chi connectivity index (χ4n) is 4.12. The Morgan fingerprint density at radius 3 is 2.27 bits per heavy atom. The molecular formula is C25H29N5O2S. The Kier molecular flexibility index (Phi) is 7.15. The number of hydrogen-bond acceptors (Lipinski definition) is 5. The molecule has 1 saturated heterocycles. The number of rotatable bonds is 6. The van der Waals surface area contributed by atoms with Crippen LogP contribution < -0.4 is 5.32 Å². The first-order valence-electron chi connectivity index (χ1n) is 11.0. The molecule has 1 aliphatic rings. The van der Waals surface area contributed by atoms with Gasteiger partial charge in [-0.05, 0) is 43.4 Å². The Morgan fingerprint density at radius 1 is 0.970 bits per heavy atom. The first kappa shape index (κ1) is 23.1. The number of para-hydroxylation sites is 2. The Labute approximate surface area is 198 Å². The normalized spacial score (nSPS) is 14.3. The standard InChI is InChI=1S/C25H29N5O2S/c1-18-8-7-9-19(2)23(18)27-22(31)17-28-12-14-29(15-13-28)24(32)21-16-26-25(33-3)30(21)20-10-5-4-6-11-20/h4-11,16H,12-15,17H2,1-3H3,(H,27,31). The van der Waals surface area contributed by atoms with Crippen LogP contribution in [-0.2, 0) is 4.79 Å². The van der Waals surface area contributed by atoms with Crippen LogP contribution in [0.2, 0.25) is 0 Å². The predicted octanol–water partition coefficient (Wildman–Crippen LogP) is 3.61. The van der Waals surface area contributed by atoms with Crippen molar-refractivity contribution in [1.82, 2.24) is 19.4 Å². The Balaban J connectivity index is 1.38. The van der Waals surface area contributed by atoms with Crippen LogP contribution in [0.4, 0.5) is 5.69 Å². The highest BCUT2D eigenvalue weighted by Crippen LogP contribution is 2.23. The van der Waals surface area contributed by atoms with Gasteiger partial charge in [-0.15, -0.1) is 0 Å². The van der Waals surface area contributed by atoms with Gasteiger partial charge in [0, 0.05) is 37.6 Å². The molecule has 7 nitrogen and oxygen atoms in total. The zero-order valence-corrected chi connectivity index (χ0v) is 20.1. The van der Waals surface area contributed by atoms with E-state index in [4.69, 9.17) is 0 Å². The molecular weight excluding hydrogens is 434 g/mol. The quantitative estimate of drug-likeness (QED) is 0.566. The number of benzene rings is 2. The molecule has 1 aliphatic heterocycles. The molecule has 0 unspecified atom stereocenters. The summed E-state index contributed by atoms with van der Waals surface area (Å²) in [4.78, 5) is 34.3. The second-order valence-corrected chi connectivity index (χ2v) is 8.96. The van der Waals surface area contributed by atoms with Gasteiger partial charge in [0.1, 0.15) is 5.69 Å². The van der Waals surface area contributed by atoms with Crippen molar-refractivity contribution in [2.45, 2.75) is 19.0 Å². The molecule has 4 rings (SSSR count). The molecule has 2 amide bonds. The lowest BCUT2D eigenvalue weighted by Gasteiger charge is -2.34. The molecule has 0 bridgehead atoms. The predicted molar refractivity (Wildman–Crippen MR) is 132 cm³/mol. The first-order valence-corrected chi connectivity index (χ1v) is 12.2. The van der Waals surface area contributed by atoms with Gasteiger partial charge in [-0.3, -0.25) is 19.1 Å². The average molecular weight is 464 g/mol. The van der Waals surface area contributed by atoms with Crippen molar-refractivity contribution < 1.29 is 9.59 Å². The second kappa shape index (κ2) is 10.2. The van der Waals surface area contributed by atoms with Crippen molar-refractivity contribution in [2.24, 2.45) is 0 Å². The van der Waals surface area contributed by atoms with Gasteiger partial charge in [-0.25, -0.2) is 4.98 Å². The van der Waals surface area contributed by atoms with Crippen molar-refractivity contribution in [3.8, 4) is 5.69 Å². The maximum Gasteiger partial charge on any atom is 0.272 e. The first-order chi connectivity index (χ1) is 16.0. The summed E-state index contributed by atoms with van der Waals surface area (Å²) < 4.78 is 1.91. The number of aryl methyl sites for hydroxylation is 2. The summed E-state index contributed by atoms with van der Waals surface area (Å²) in [6.45, 7) is 6.76. The number of hydrogen-bond donors (Lipinski definition) is 1. The highest BCUT2D eigenvalue weighted by atomic mass is 32.2. The lowest BCUT2D eigenvalue weighted by Crippen LogP contribution is -2.50. The molecule has 0 aliphatic carbocycles. The van der Waals surface area contributed by atoms with E-state index >= 15 is 0 Å². The summed E-state index contributed by atoms with van der Waals surface area (Å²) in [5.74, 6) is -0.0646. The van der Waals surface area contributed by atoms with E-state index in [0.29, 0.717) is 38.4 Å². The maximum atomic E-state index is 13.3. The molecule has 33 heavy (non-hydrogen) atoms. The van der Waals surface area contributed by atoms with E-state index in [9.17, 15) is 9.59 Å². The molecule has 1 aromatic heterocycles. The number of carbonyl (C=O) groups excluding carboxylic acids is 2. The van der Waals surface area contributed by atoms with Crippen LogP contribution in [0, 0.1) is 13.8 Å². The topological polar surface area (TPSA) is 70.5 Å². The molecule has 3 aromatic rings. The number of nitrogens with zero attached hydrogens (tertiary/aromatic N) is 4. The monoisotopic (exact) mass is 463 g/mol. The van der Waals surface area contributed by atoms with Crippen LogP contribution in [-0.4, -0.2) is 70.1 Å². The van der Waals surface area contributed by atoms with Crippen LogP contribution in [0.25, 0.3) is 5.69 Å². The number of carbonyl (C=O) groups is 2. The van der Waals surface area contributed by atoms with Crippen LogP contribution in [0.15, 0.2) is 59.9 Å². The van der Waals surface area contributed by atoms with Gasteiger partial charge in [0.15, 0.2) is 5.16 Å². The van der Waals surface area contributed by atoms with E-state index in [1.165, 1.54) is 11.8 Å². The summed E-state index contributed by atoms with van der Waals surface area (Å²) in [5.41, 5.74) is 4.48. The Bertz CT molecular complexity index is 1120. The number of aromatic nitrogens is 2. The van der Waals surface area contributed by atoms with Crippen LogP contribution in [0.1, 0.15) is 21.6 Å². The summed E-state index contributed by atoms with van der Waals surface area (Å²) in [7, 11) is 0. The van der Waals surface area contributed by atoms with Crippen molar-refractivity contribution in [1.29, 1.82) is 0 Å². The number of thioether (sulfide) groups is 1. The summed E-state index contributed by atoms with van der Waals surface area (Å²) in [6.07, 6.45) is 3.61. The third kappa shape index (κ3) is 5.12. The lowest BCUT2D eigenvalue weighted by atomic mass is 10.1. The third-order valence-corrected chi connectivity index (χ3v) is 6.57. The lowest BCUT2D eigenvalue weighted by molar-refractivity contribution is -0.117. The molecule has 1 N–H and O–H groups in total. The highest BCUT2D eigenvalue weighted by molar-refractivity contribution is 7.98. The van der Waals surface area contributed by atoms with E-state index in [1.807, 2.05) is 78.1 Å². The number of amides is 2. The van der Waals surface area contributed by atoms with E-state index in [-0.39, 0.29) is 11.8 Å². The Morgan fingerprint density at radius 2 is 1.64 bits per heavy atom.